The van der Waals surface area contributed by atoms with Gasteiger partial charge in [-0.2, -0.15) is 0 Å². The fraction of sp³-hybridized carbons (Fsp3) is 0.188. The number of hydrogen-bond acceptors (Lipinski definition) is 5. The predicted molar refractivity (Wildman–Crippen MR) is 84.3 cm³/mol. The van der Waals surface area contributed by atoms with E-state index < -0.39 is 4.92 Å². The summed E-state index contributed by atoms with van der Waals surface area (Å²) in [6.07, 6.45) is 0.639. The van der Waals surface area contributed by atoms with E-state index in [1.807, 2.05) is 24.3 Å². The van der Waals surface area contributed by atoms with Crippen LogP contribution < -0.4 is 15.8 Å². The molecule has 1 heterocycles. The van der Waals surface area contributed by atoms with Crippen molar-refractivity contribution in [2.75, 3.05) is 12.3 Å². The molecular formula is C16H15N3O4. The molecule has 1 atom stereocenters. The summed E-state index contributed by atoms with van der Waals surface area (Å²) in [5, 5.41) is 13.8. The first kappa shape index (κ1) is 14.8. The maximum atomic E-state index is 12.4. The number of nitrogen functional groups attached to an aromatic ring is 1. The van der Waals surface area contributed by atoms with Crippen LogP contribution in [-0.2, 0) is 0 Å². The number of nitrogens with two attached hydrogens (primary N) is 1. The lowest BCUT2D eigenvalue weighted by molar-refractivity contribution is -0.383. The Balaban J connectivity index is 1.83. The van der Waals surface area contributed by atoms with Gasteiger partial charge >= 0.3 is 0 Å². The summed E-state index contributed by atoms with van der Waals surface area (Å²) in [4.78, 5) is 22.7. The van der Waals surface area contributed by atoms with E-state index in [-0.39, 0.29) is 28.9 Å². The highest BCUT2D eigenvalue weighted by atomic mass is 16.6. The van der Waals surface area contributed by atoms with Crippen LogP contribution in [0.15, 0.2) is 42.5 Å². The van der Waals surface area contributed by atoms with Crippen LogP contribution in [0, 0.1) is 10.1 Å². The van der Waals surface area contributed by atoms with Crippen molar-refractivity contribution in [2.24, 2.45) is 0 Å². The molecule has 2 aromatic carbocycles. The molecule has 0 unspecified atom stereocenters. The summed E-state index contributed by atoms with van der Waals surface area (Å²) < 4.78 is 5.55. The lowest BCUT2D eigenvalue weighted by Crippen LogP contribution is -2.32. The third-order valence-corrected chi connectivity index (χ3v) is 3.75. The van der Waals surface area contributed by atoms with Crippen molar-refractivity contribution in [3.63, 3.8) is 0 Å². The fourth-order valence-corrected chi connectivity index (χ4v) is 2.58. The van der Waals surface area contributed by atoms with E-state index in [2.05, 4.69) is 5.32 Å². The molecule has 3 N–H and O–H groups in total. The van der Waals surface area contributed by atoms with E-state index >= 15 is 0 Å². The quantitative estimate of drug-likeness (QED) is 0.514. The van der Waals surface area contributed by atoms with Crippen LogP contribution in [0.3, 0.4) is 0 Å². The van der Waals surface area contributed by atoms with Crippen LogP contribution in [0.1, 0.15) is 28.4 Å². The van der Waals surface area contributed by atoms with E-state index in [9.17, 15) is 14.9 Å². The Morgan fingerprint density at radius 3 is 2.87 bits per heavy atom. The molecule has 0 radical (unpaired) electrons. The lowest BCUT2D eigenvalue weighted by Gasteiger charge is -2.26. The minimum atomic E-state index is -0.601. The van der Waals surface area contributed by atoms with Gasteiger partial charge in [-0.05, 0) is 18.2 Å². The largest absolute Gasteiger partial charge is 0.493 e. The van der Waals surface area contributed by atoms with Crippen molar-refractivity contribution >= 4 is 17.3 Å². The molecule has 23 heavy (non-hydrogen) atoms. The first-order chi connectivity index (χ1) is 11.1. The molecule has 7 nitrogen and oxygen atoms in total. The van der Waals surface area contributed by atoms with Gasteiger partial charge < -0.3 is 15.8 Å². The fourth-order valence-electron chi connectivity index (χ4n) is 2.58. The highest BCUT2D eigenvalue weighted by Crippen LogP contribution is 2.32. The molecule has 7 heteroatoms. The third-order valence-electron chi connectivity index (χ3n) is 3.75. The van der Waals surface area contributed by atoms with Gasteiger partial charge in [-0.15, -0.1) is 0 Å². The Labute approximate surface area is 132 Å². The number of rotatable bonds is 3. The summed E-state index contributed by atoms with van der Waals surface area (Å²) in [7, 11) is 0. The number of fused-ring (bicyclic) bond motifs is 1. The zero-order valence-electron chi connectivity index (χ0n) is 12.2. The smallest absolute Gasteiger partial charge is 0.292 e. The monoisotopic (exact) mass is 313 g/mol. The number of anilines is 1. The number of carbonyl (C=O) groups excluding carboxylic acids is 1. The summed E-state index contributed by atoms with van der Waals surface area (Å²) in [5.74, 6) is 0.363. The molecule has 0 saturated carbocycles. The molecule has 0 fully saturated rings. The number of amides is 1. The second-order valence-electron chi connectivity index (χ2n) is 5.23. The van der Waals surface area contributed by atoms with Gasteiger partial charge in [0.15, 0.2) is 0 Å². The Bertz CT molecular complexity index is 776. The molecule has 1 aliphatic rings. The van der Waals surface area contributed by atoms with Crippen LogP contribution in [0.4, 0.5) is 11.4 Å². The standard InChI is InChI=1S/C16H15N3O4/c17-12-6-5-10(9-14(12)19(21)22)16(20)18-13-7-8-23-15-4-2-1-3-11(13)15/h1-6,9,13H,7-8,17H2,(H,18,20)/t13-/m0/s1. The van der Waals surface area contributed by atoms with E-state index in [0.717, 1.165) is 11.3 Å². The number of nitro benzene ring substituents is 1. The maximum Gasteiger partial charge on any atom is 0.292 e. The Morgan fingerprint density at radius 1 is 1.30 bits per heavy atom. The Morgan fingerprint density at radius 2 is 2.09 bits per heavy atom. The second-order valence-corrected chi connectivity index (χ2v) is 5.23. The molecule has 118 valence electrons. The topological polar surface area (TPSA) is 107 Å². The maximum absolute atomic E-state index is 12.4. The number of nitrogens with one attached hydrogen (secondary N) is 1. The van der Waals surface area contributed by atoms with Crippen LogP contribution in [0.25, 0.3) is 0 Å². The zero-order chi connectivity index (χ0) is 16.4. The van der Waals surface area contributed by atoms with Crippen molar-refractivity contribution in [3.05, 3.63) is 63.7 Å². The third kappa shape index (κ3) is 2.94. The average molecular weight is 313 g/mol. The first-order valence-electron chi connectivity index (χ1n) is 7.13. The molecule has 0 aromatic heterocycles. The molecule has 2 aromatic rings. The van der Waals surface area contributed by atoms with Crippen LogP contribution >= 0.6 is 0 Å². The number of nitro groups is 1. The van der Waals surface area contributed by atoms with Crippen molar-refractivity contribution in [3.8, 4) is 5.75 Å². The molecule has 3 rings (SSSR count). The van der Waals surface area contributed by atoms with Crippen LogP contribution in [-0.4, -0.2) is 17.4 Å². The van der Waals surface area contributed by atoms with Crippen molar-refractivity contribution in [2.45, 2.75) is 12.5 Å². The molecular weight excluding hydrogens is 298 g/mol. The highest BCUT2D eigenvalue weighted by molar-refractivity contribution is 5.96. The predicted octanol–water partition coefficient (Wildman–Crippen LogP) is 2.43. The Hall–Kier alpha value is -3.09. The van der Waals surface area contributed by atoms with Gasteiger partial charge in [0, 0.05) is 23.6 Å². The summed E-state index contributed by atoms with van der Waals surface area (Å²) in [6, 6.07) is 11.3. The van der Waals surface area contributed by atoms with Gasteiger partial charge in [0.25, 0.3) is 11.6 Å². The zero-order valence-corrected chi connectivity index (χ0v) is 12.2. The first-order valence-corrected chi connectivity index (χ1v) is 7.13. The minimum absolute atomic E-state index is 0.0305. The summed E-state index contributed by atoms with van der Waals surface area (Å²) in [5.41, 5.74) is 6.41. The lowest BCUT2D eigenvalue weighted by atomic mass is 10.00. The highest BCUT2D eigenvalue weighted by Gasteiger charge is 2.24. The number of para-hydroxylation sites is 1. The number of carbonyl (C=O) groups is 1. The number of hydrogen-bond donors (Lipinski definition) is 2. The normalized spacial score (nSPS) is 16.1. The van der Waals surface area contributed by atoms with Crippen molar-refractivity contribution in [1.82, 2.24) is 5.32 Å². The van der Waals surface area contributed by atoms with E-state index in [1.54, 1.807) is 0 Å². The van der Waals surface area contributed by atoms with Gasteiger partial charge in [-0.3, -0.25) is 14.9 Å². The molecule has 1 aliphatic heterocycles. The summed E-state index contributed by atoms with van der Waals surface area (Å²) >= 11 is 0. The van der Waals surface area contributed by atoms with E-state index in [4.69, 9.17) is 10.5 Å². The molecule has 0 saturated heterocycles. The number of nitrogens with zero attached hydrogens (tertiary/aromatic N) is 1. The van der Waals surface area contributed by atoms with Gasteiger partial charge in [0.05, 0.1) is 17.6 Å². The molecule has 0 spiro atoms. The van der Waals surface area contributed by atoms with Gasteiger partial charge in [0.1, 0.15) is 11.4 Å². The van der Waals surface area contributed by atoms with Crippen molar-refractivity contribution < 1.29 is 14.5 Å². The number of ether oxygens (including phenoxy) is 1. The molecule has 1 amide bonds. The average Bonchev–Trinajstić information content (AvgIpc) is 2.55. The van der Waals surface area contributed by atoms with Gasteiger partial charge in [-0.25, -0.2) is 0 Å². The summed E-state index contributed by atoms with van der Waals surface area (Å²) in [6.45, 7) is 0.504. The SMILES string of the molecule is Nc1ccc(C(=O)N[C@H]2CCOc3ccccc32)cc1[N+](=O)[O-]. The Kier molecular flexibility index (Phi) is 3.84. The van der Waals surface area contributed by atoms with E-state index in [0.29, 0.717) is 13.0 Å². The number of benzene rings is 2. The van der Waals surface area contributed by atoms with Gasteiger partial charge in [-0.1, -0.05) is 18.2 Å². The van der Waals surface area contributed by atoms with Crippen LogP contribution in [0.2, 0.25) is 0 Å². The minimum Gasteiger partial charge on any atom is -0.493 e. The second kappa shape index (κ2) is 5.96. The molecule has 0 aliphatic carbocycles. The van der Waals surface area contributed by atoms with Crippen molar-refractivity contribution in [1.29, 1.82) is 0 Å². The van der Waals surface area contributed by atoms with Crippen LogP contribution in [0.5, 0.6) is 5.75 Å². The molecule has 0 bridgehead atoms. The van der Waals surface area contributed by atoms with E-state index in [1.165, 1.54) is 18.2 Å². The van der Waals surface area contributed by atoms with Gasteiger partial charge in [0.2, 0.25) is 0 Å².